The molecule has 0 fully saturated rings. The highest BCUT2D eigenvalue weighted by Gasteiger charge is 2.25. The van der Waals surface area contributed by atoms with Gasteiger partial charge >= 0.3 is 0 Å². The van der Waals surface area contributed by atoms with E-state index in [1.807, 2.05) is 52.9 Å². The summed E-state index contributed by atoms with van der Waals surface area (Å²) in [6.07, 6.45) is 3.91. The van der Waals surface area contributed by atoms with Crippen LogP contribution in [0.2, 0.25) is 0 Å². The number of nitrogens with two attached hydrogens (primary N) is 1. The molecule has 0 radical (unpaired) electrons. The predicted octanol–water partition coefficient (Wildman–Crippen LogP) is 2.68. The monoisotopic (exact) mass is 269 g/mol. The van der Waals surface area contributed by atoms with E-state index in [9.17, 15) is 4.79 Å². The van der Waals surface area contributed by atoms with Gasteiger partial charge in [-0.05, 0) is 55.7 Å². The SMILES string of the molecule is CCn1cccc1C(=O)N1CCCc2cc(N)ccc21. The maximum absolute atomic E-state index is 12.8. The molecule has 4 nitrogen and oxygen atoms in total. The lowest BCUT2D eigenvalue weighted by atomic mass is 10.0. The lowest BCUT2D eigenvalue weighted by molar-refractivity contribution is 0.0976. The summed E-state index contributed by atoms with van der Waals surface area (Å²) in [7, 11) is 0. The lowest BCUT2D eigenvalue weighted by Crippen LogP contribution is -2.36. The molecule has 20 heavy (non-hydrogen) atoms. The highest BCUT2D eigenvalue weighted by molar-refractivity contribution is 6.05. The third-order valence-corrected chi connectivity index (χ3v) is 3.86. The number of anilines is 2. The largest absolute Gasteiger partial charge is 0.399 e. The second-order valence-corrected chi connectivity index (χ2v) is 5.13. The van der Waals surface area contributed by atoms with Crippen LogP contribution in [-0.2, 0) is 13.0 Å². The maximum atomic E-state index is 12.8. The molecule has 0 bridgehead atoms. The number of hydrogen-bond acceptors (Lipinski definition) is 2. The zero-order valence-electron chi connectivity index (χ0n) is 11.7. The van der Waals surface area contributed by atoms with Crippen molar-refractivity contribution in [2.75, 3.05) is 17.2 Å². The van der Waals surface area contributed by atoms with E-state index in [0.29, 0.717) is 0 Å². The number of aryl methyl sites for hydroxylation is 2. The first-order valence-electron chi connectivity index (χ1n) is 7.06. The highest BCUT2D eigenvalue weighted by atomic mass is 16.2. The fourth-order valence-electron chi connectivity index (χ4n) is 2.85. The third kappa shape index (κ3) is 2.07. The van der Waals surface area contributed by atoms with Crippen molar-refractivity contribution >= 4 is 17.3 Å². The molecule has 4 heteroatoms. The lowest BCUT2D eigenvalue weighted by Gasteiger charge is -2.30. The van der Waals surface area contributed by atoms with E-state index in [4.69, 9.17) is 5.73 Å². The third-order valence-electron chi connectivity index (χ3n) is 3.86. The van der Waals surface area contributed by atoms with Gasteiger partial charge in [0.25, 0.3) is 5.91 Å². The quantitative estimate of drug-likeness (QED) is 0.852. The Hall–Kier alpha value is -2.23. The number of carbonyl (C=O) groups is 1. The van der Waals surface area contributed by atoms with Gasteiger partial charge in [0.05, 0.1) is 0 Å². The molecular formula is C16H19N3O. The summed E-state index contributed by atoms with van der Waals surface area (Å²) in [4.78, 5) is 14.6. The van der Waals surface area contributed by atoms with Crippen LogP contribution >= 0.6 is 0 Å². The number of nitrogens with zero attached hydrogens (tertiary/aromatic N) is 2. The summed E-state index contributed by atoms with van der Waals surface area (Å²) < 4.78 is 1.98. The minimum absolute atomic E-state index is 0.0718. The number of nitrogen functional groups attached to an aromatic ring is 1. The van der Waals surface area contributed by atoms with Crippen LogP contribution in [-0.4, -0.2) is 17.0 Å². The second-order valence-electron chi connectivity index (χ2n) is 5.13. The van der Waals surface area contributed by atoms with Gasteiger partial charge in [-0.25, -0.2) is 0 Å². The van der Waals surface area contributed by atoms with Crippen LogP contribution in [0.4, 0.5) is 11.4 Å². The van der Waals surface area contributed by atoms with Crippen LogP contribution in [0.3, 0.4) is 0 Å². The Bertz CT molecular complexity index is 645. The van der Waals surface area contributed by atoms with Crippen LogP contribution in [0.15, 0.2) is 36.5 Å². The van der Waals surface area contributed by atoms with Gasteiger partial charge in [-0.1, -0.05) is 0 Å². The van der Waals surface area contributed by atoms with E-state index >= 15 is 0 Å². The van der Waals surface area contributed by atoms with Gasteiger partial charge in [-0.3, -0.25) is 4.79 Å². The molecule has 0 spiro atoms. The number of amides is 1. The van der Waals surface area contributed by atoms with Crippen molar-refractivity contribution in [1.82, 2.24) is 4.57 Å². The van der Waals surface area contributed by atoms with Gasteiger partial charge in [-0.2, -0.15) is 0 Å². The molecule has 0 saturated carbocycles. The number of carbonyl (C=O) groups excluding carboxylic acids is 1. The fourth-order valence-corrected chi connectivity index (χ4v) is 2.85. The zero-order valence-corrected chi connectivity index (χ0v) is 11.7. The number of aromatic nitrogens is 1. The summed E-state index contributed by atoms with van der Waals surface area (Å²) in [5.74, 6) is 0.0718. The van der Waals surface area contributed by atoms with E-state index in [0.717, 1.165) is 43.0 Å². The Kier molecular flexibility index (Phi) is 3.22. The molecule has 1 aliphatic rings. The molecule has 1 amide bonds. The van der Waals surface area contributed by atoms with Gasteiger partial charge in [0.2, 0.25) is 0 Å². The zero-order chi connectivity index (χ0) is 14.1. The first kappa shape index (κ1) is 12.8. The Labute approximate surface area is 118 Å². The molecule has 104 valence electrons. The van der Waals surface area contributed by atoms with E-state index in [-0.39, 0.29) is 5.91 Å². The van der Waals surface area contributed by atoms with Crippen molar-refractivity contribution in [1.29, 1.82) is 0 Å². The Morgan fingerprint density at radius 2 is 2.20 bits per heavy atom. The van der Waals surface area contributed by atoms with Crippen LogP contribution in [0.5, 0.6) is 0 Å². The predicted molar refractivity (Wildman–Crippen MR) is 81.0 cm³/mol. The van der Waals surface area contributed by atoms with Crippen LogP contribution in [0.1, 0.15) is 29.4 Å². The molecule has 2 aromatic rings. The smallest absolute Gasteiger partial charge is 0.274 e. The molecule has 0 unspecified atom stereocenters. The van der Waals surface area contributed by atoms with Gasteiger partial charge in [0.15, 0.2) is 0 Å². The first-order chi connectivity index (χ1) is 9.70. The van der Waals surface area contributed by atoms with Crippen molar-refractivity contribution in [3.63, 3.8) is 0 Å². The Balaban J connectivity index is 1.98. The highest BCUT2D eigenvalue weighted by Crippen LogP contribution is 2.30. The van der Waals surface area contributed by atoms with E-state index in [1.165, 1.54) is 5.56 Å². The number of rotatable bonds is 2. The minimum Gasteiger partial charge on any atom is -0.399 e. The molecule has 1 aromatic heterocycles. The number of fused-ring (bicyclic) bond motifs is 1. The second kappa shape index (κ2) is 5.04. The summed E-state index contributed by atoms with van der Waals surface area (Å²) in [6, 6.07) is 9.61. The summed E-state index contributed by atoms with van der Waals surface area (Å²) >= 11 is 0. The van der Waals surface area contributed by atoms with Crippen LogP contribution in [0.25, 0.3) is 0 Å². The molecule has 0 saturated heterocycles. The van der Waals surface area contributed by atoms with Crippen LogP contribution < -0.4 is 10.6 Å². The van der Waals surface area contributed by atoms with Crippen molar-refractivity contribution in [2.45, 2.75) is 26.3 Å². The molecule has 2 heterocycles. The average Bonchev–Trinajstić information content (AvgIpc) is 2.94. The van der Waals surface area contributed by atoms with Crippen molar-refractivity contribution in [3.8, 4) is 0 Å². The van der Waals surface area contributed by atoms with Crippen LogP contribution in [0, 0.1) is 0 Å². The van der Waals surface area contributed by atoms with Gasteiger partial charge < -0.3 is 15.2 Å². The average molecular weight is 269 g/mol. The first-order valence-corrected chi connectivity index (χ1v) is 7.06. The standard InChI is InChI=1S/C16H19N3O/c1-2-18-9-4-6-15(18)16(20)19-10-3-5-12-11-13(17)7-8-14(12)19/h4,6-9,11H,2-3,5,10,17H2,1H3. The molecule has 3 rings (SSSR count). The molecule has 2 N–H and O–H groups in total. The topological polar surface area (TPSA) is 51.3 Å². The van der Waals surface area contributed by atoms with Gasteiger partial charge in [0, 0.05) is 30.7 Å². The maximum Gasteiger partial charge on any atom is 0.274 e. The van der Waals surface area contributed by atoms with E-state index in [1.54, 1.807) is 0 Å². The molecule has 0 atom stereocenters. The van der Waals surface area contributed by atoms with E-state index in [2.05, 4.69) is 0 Å². The molecule has 0 aliphatic carbocycles. The van der Waals surface area contributed by atoms with E-state index < -0.39 is 0 Å². The number of benzene rings is 1. The summed E-state index contributed by atoms with van der Waals surface area (Å²) in [5.41, 5.74) is 9.51. The molecule has 1 aromatic carbocycles. The molecule has 1 aliphatic heterocycles. The Morgan fingerprint density at radius 3 is 3.00 bits per heavy atom. The van der Waals surface area contributed by atoms with Gasteiger partial charge in [-0.15, -0.1) is 0 Å². The number of hydrogen-bond donors (Lipinski definition) is 1. The summed E-state index contributed by atoms with van der Waals surface area (Å²) in [6.45, 7) is 3.61. The molecular weight excluding hydrogens is 250 g/mol. The van der Waals surface area contributed by atoms with Crippen molar-refractivity contribution in [3.05, 3.63) is 47.8 Å². The normalized spacial score (nSPS) is 14.2. The van der Waals surface area contributed by atoms with Gasteiger partial charge in [0.1, 0.15) is 5.69 Å². The minimum atomic E-state index is 0.0718. The Morgan fingerprint density at radius 1 is 1.35 bits per heavy atom. The fraction of sp³-hybridized carbons (Fsp3) is 0.312. The van der Waals surface area contributed by atoms with Crippen molar-refractivity contribution in [2.24, 2.45) is 0 Å². The summed E-state index contributed by atoms with van der Waals surface area (Å²) in [5, 5.41) is 0. The van der Waals surface area contributed by atoms with Crippen molar-refractivity contribution < 1.29 is 4.79 Å².